The first-order valence-electron chi connectivity index (χ1n) is 5.68. The van der Waals surface area contributed by atoms with Gasteiger partial charge in [0.25, 0.3) is 0 Å². The summed E-state index contributed by atoms with van der Waals surface area (Å²) in [6.45, 7) is 0. The Morgan fingerprint density at radius 3 is 3.00 bits per heavy atom. The van der Waals surface area contributed by atoms with Crippen LogP contribution >= 0.6 is 11.8 Å². The number of rotatable bonds is 4. The van der Waals surface area contributed by atoms with Gasteiger partial charge in [-0.25, -0.2) is 9.37 Å². The van der Waals surface area contributed by atoms with Gasteiger partial charge in [-0.05, 0) is 25.0 Å². The summed E-state index contributed by atoms with van der Waals surface area (Å²) in [5, 5.41) is 9.31. The molecule has 1 aromatic carbocycles. The molecule has 6 heteroatoms. The monoisotopic (exact) mass is 266 g/mol. The Bertz CT molecular complexity index is 622. The summed E-state index contributed by atoms with van der Waals surface area (Å²) in [6, 6.07) is 5.20. The Morgan fingerprint density at radius 2 is 2.33 bits per heavy atom. The molecule has 1 N–H and O–H groups in total. The molecule has 0 atom stereocenters. The van der Waals surface area contributed by atoms with Crippen molar-refractivity contribution in [2.75, 3.05) is 5.75 Å². The van der Waals surface area contributed by atoms with Gasteiger partial charge in [-0.1, -0.05) is 17.8 Å². The molecule has 0 bridgehead atoms. The lowest BCUT2D eigenvalue weighted by Crippen LogP contribution is -2.01. The Balaban J connectivity index is 2.08. The molecular weight excluding hydrogens is 255 g/mol. The summed E-state index contributed by atoms with van der Waals surface area (Å²) in [6.07, 6.45) is 2.09. The van der Waals surface area contributed by atoms with Crippen LogP contribution in [0.15, 0.2) is 23.4 Å². The number of carbonyl (C=O) groups is 1. The number of benzene rings is 1. The Morgan fingerprint density at radius 1 is 1.56 bits per heavy atom. The van der Waals surface area contributed by atoms with Gasteiger partial charge in [0, 0.05) is 6.04 Å². The highest BCUT2D eigenvalue weighted by Gasteiger charge is 2.29. The normalized spacial score (nSPS) is 15.2. The van der Waals surface area contributed by atoms with E-state index in [1.807, 2.05) is 10.6 Å². The van der Waals surface area contributed by atoms with Crippen LogP contribution in [-0.2, 0) is 4.79 Å². The van der Waals surface area contributed by atoms with E-state index in [1.165, 1.54) is 6.07 Å². The van der Waals surface area contributed by atoms with Crippen molar-refractivity contribution in [3.63, 3.8) is 0 Å². The Hall–Kier alpha value is -1.56. The molecule has 4 nitrogen and oxygen atoms in total. The van der Waals surface area contributed by atoms with Crippen LogP contribution in [0.25, 0.3) is 11.0 Å². The average molecular weight is 266 g/mol. The van der Waals surface area contributed by atoms with Crippen molar-refractivity contribution < 1.29 is 14.3 Å². The number of carboxylic acid groups (broad SMARTS) is 1. The van der Waals surface area contributed by atoms with Gasteiger partial charge in [0.05, 0.1) is 11.3 Å². The number of hydrogen-bond donors (Lipinski definition) is 1. The SMILES string of the molecule is O=C(O)CSc1nc2c(F)cccc2n1C1CC1. The molecule has 94 valence electrons. The summed E-state index contributed by atoms with van der Waals surface area (Å²) in [4.78, 5) is 14.9. The van der Waals surface area contributed by atoms with Crippen LogP contribution in [0.3, 0.4) is 0 Å². The van der Waals surface area contributed by atoms with Crippen molar-refractivity contribution in [3.8, 4) is 0 Å². The summed E-state index contributed by atoms with van der Waals surface area (Å²) in [5.74, 6) is -1.31. The van der Waals surface area contributed by atoms with E-state index >= 15 is 0 Å². The topological polar surface area (TPSA) is 55.1 Å². The smallest absolute Gasteiger partial charge is 0.313 e. The number of aliphatic carboxylic acids is 1. The first-order valence-corrected chi connectivity index (χ1v) is 6.66. The molecule has 18 heavy (non-hydrogen) atoms. The second kappa shape index (κ2) is 4.28. The molecule has 1 aliphatic rings. The molecule has 1 heterocycles. The summed E-state index contributed by atoms with van der Waals surface area (Å²) < 4.78 is 15.6. The fourth-order valence-electron chi connectivity index (χ4n) is 1.98. The number of halogens is 1. The maximum atomic E-state index is 13.7. The minimum absolute atomic E-state index is 0.0579. The van der Waals surface area contributed by atoms with Crippen molar-refractivity contribution in [1.29, 1.82) is 0 Å². The third-order valence-electron chi connectivity index (χ3n) is 2.88. The van der Waals surface area contributed by atoms with Crippen molar-refractivity contribution in [1.82, 2.24) is 9.55 Å². The fourth-order valence-corrected chi connectivity index (χ4v) is 2.77. The van der Waals surface area contributed by atoms with E-state index in [-0.39, 0.29) is 11.6 Å². The molecule has 1 fully saturated rings. The zero-order chi connectivity index (χ0) is 12.7. The molecule has 0 spiro atoms. The van der Waals surface area contributed by atoms with E-state index < -0.39 is 5.97 Å². The lowest BCUT2D eigenvalue weighted by atomic mass is 10.3. The van der Waals surface area contributed by atoms with Crippen LogP contribution in [-0.4, -0.2) is 26.4 Å². The maximum Gasteiger partial charge on any atom is 0.313 e. The summed E-state index contributed by atoms with van der Waals surface area (Å²) >= 11 is 1.14. The minimum atomic E-state index is -0.894. The van der Waals surface area contributed by atoms with Gasteiger partial charge in [-0.3, -0.25) is 4.79 Å². The molecule has 0 amide bonds. The molecule has 1 aromatic heterocycles. The number of nitrogens with zero attached hydrogens (tertiary/aromatic N) is 2. The quantitative estimate of drug-likeness (QED) is 0.864. The third kappa shape index (κ3) is 1.96. The predicted molar refractivity (Wildman–Crippen MR) is 66.3 cm³/mol. The second-order valence-electron chi connectivity index (χ2n) is 4.29. The zero-order valence-corrected chi connectivity index (χ0v) is 10.3. The molecule has 3 rings (SSSR count). The molecule has 0 radical (unpaired) electrons. The van der Waals surface area contributed by atoms with Gasteiger partial charge in [0.15, 0.2) is 11.0 Å². The Kier molecular flexibility index (Phi) is 2.74. The Labute approximate surface area is 107 Å². The number of thioether (sulfide) groups is 1. The molecule has 0 unspecified atom stereocenters. The lowest BCUT2D eigenvalue weighted by Gasteiger charge is -2.05. The first kappa shape index (κ1) is 11.5. The van der Waals surface area contributed by atoms with Crippen molar-refractivity contribution >= 4 is 28.8 Å². The van der Waals surface area contributed by atoms with Gasteiger partial charge in [0.2, 0.25) is 0 Å². The first-order chi connectivity index (χ1) is 8.66. The standard InChI is InChI=1S/C12H11FN2O2S/c13-8-2-1-3-9-11(8)14-12(18-6-10(16)17)15(9)7-4-5-7/h1-3,7H,4-6H2,(H,16,17). The number of para-hydroxylation sites is 1. The molecule has 0 aliphatic heterocycles. The number of hydrogen-bond acceptors (Lipinski definition) is 3. The molecule has 2 aromatic rings. The molecular formula is C12H11FN2O2S. The van der Waals surface area contributed by atoms with Gasteiger partial charge >= 0.3 is 5.97 Å². The van der Waals surface area contributed by atoms with Crippen molar-refractivity contribution in [2.45, 2.75) is 24.0 Å². The number of aromatic nitrogens is 2. The highest BCUT2D eigenvalue weighted by Crippen LogP contribution is 2.41. The zero-order valence-electron chi connectivity index (χ0n) is 9.47. The van der Waals surface area contributed by atoms with Gasteiger partial charge in [0.1, 0.15) is 5.52 Å². The highest BCUT2D eigenvalue weighted by molar-refractivity contribution is 7.99. The van der Waals surface area contributed by atoms with Crippen LogP contribution in [0, 0.1) is 5.82 Å². The second-order valence-corrected chi connectivity index (χ2v) is 5.23. The van der Waals surface area contributed by atoms with E-state index in [4.69, 9.17) is 5.11 Å². The van der Waals surface area contributed by atoms with E-state index in [0.29, 0.717) is 16.7 Å². The van der Waals surface area contributed by atoms with Gasteiger partial charge in [-0.2, -0.15) is 0 Å². The van der Waals surface area contributed by atoms with Crippen LogP contribution in [0.2, 0.25) is 0 Å². The van der Waals surface area contributed by atoms with Crippen LogP contribution in [0.4, 0.5) is 4.39 Å². The predicted octanol–water partition coefficient (Wildman–Crippen LogP) is 2.69. The lowest BCUT2D eigenvalue weighted by molar-refractivity contribution is -0.133. The van der Waals surface area contributed by atoms with E-state index in [1.54, 1.807) is 6.07 Å². The number of carboxylic acids is 1. The van der Waals surface area contributed by atoms with E-state index in [2.05, 4.69) is 4.98 Å². The van der Waals surface area contributed by atoms with Crippen molar-refractivity contribution in [2.24, 2.45) is 0 Å². The van der Waals surface area contributed by atoms with Crippen LogP contribution in [0.1, 0.15) is 18.9 Å². The number of imidazole rings is 1. The fraction of sp³-hybridized carbons (Fsp3) is 0.333. The molecule has 1 saturated carbocycles. The van der Waals surface area contributed by atoms with Gasteiger partial charge < -0.3 is 9.67 Å². The molecule has 0 saturated heterocycles. The highest BCUT2D eigenvalue weighted by atomic mass is 32.2. The van der Waals surface area contributed by atoms with Gasteiger partial charge in [-0.15, -0.1) is 0 Å². The molecule has 1 aliphatic carbocycles. The average Bonchev–Trinajstić information content (AvgIpc) is 3.08. The van der Waals surface area contributed by atoms with E-state index in [0.717, 1.165) is 30.1 Å². The number of fused-ring (bicyclic) bond motifs is 1. The minimum Gasteiger partial charge on any atom is -0.481 e. The summed E-state index contributed by atoms with van der Waals surface area (Å²) in [5.41, 5.74) is 1.09. The largest absolute Gasteiger partial charge is 0.481 e. The third-order valence-corrected chi connectivity index (χ3v) is 3.81. The van der Waals surface area contributed by atoms with Crippen molar-refractivity contribution in [3.05, 3.63) is 24.0 Å². The van der Waals surface area contributed by atoms with E-state index in [9.17, 15) is 9.18 Å². The van der Waals surface area contributed by atoms with Crippen LogP contribution in [0.5, 0.6) is 0 Å². The van der Waals surface area contributed by atoms with Crippen LogP contribution < -0.4 is 0 Å². The summed E-state index contributed by atoms with van der Waals surface area (Å²) in [7, 11) is 0. The maximum absolute atomic E-state index is 13.7.